The Balaban J connectivity index is 1.45. The molecule has 1 aromatic carbocycles. The van der Waals surface area contributed by atoms with E-state index in [9.17, 15) is 14.8 Å². The van der Waals surface area contributed by atoms with Crippen LogP contribution in [0.3, 0.4) is 0 Å². The summed E-state index contributed by atoms with van der Waals surface area (Å²) in [4.78, 5) is 26.6. The zero-order valence-electron chi connectivity index (χ0n) is 17.2. The number of hydrogen-bond acceptors (Lipinski definition) is 10. The van der Waals surface area contributed by atoms with E-state index in [0.29, 0.717) is 23.5 Å². The van der Waals surface area contributed by atoms with Crippen LogP contribution in [-0.2, 0) is 25.3 Å². The largest absolute Gasteiger partial charge is 0.387 e. The van der Waals surface area contributed by atoms with Gasteiger partial charge < -0.3 is 25.2 Å². The summed E-state index contributed by atoms with van der Waals surface area (Å²) in [5.41, 5.74) is 2.08. The molecular weight excluding hydrogens is 441 g/mol. The fourth-order valence-electron chi connectivity index (χ4n) is 3.43. The summed E-state index contributed by atoms with van der Waals surface area (Å²) in [7, 11) is -3.85. The third-order valence-corrected chi connectivity index (χ3v) is 5.32. The van der Waals surface area contributed by atoms with E-state index in [4.69, 9.17) is 9.63 Å². The van der Waals surface area contributed by atoms with Crippen molar-refractivity contribution in [3.8, 4) is 0 Å². The molecule has 5 atom stereocenters. The lowest BCUT2D eigenvalue weighted by atomic mass is 10.1. The maximum absolute atomic E-state index is 11.1. The first-order valence-corrected chi connectivity index (χ1v) is 11.9. The van der Waals surface area contributed by atoms with Crippen LogP contribution < -0.4 is 5.32 Å². The summed E-state index contributed by atoms with van der Waals surface area (Å²) in [5.74, 6) is 0.535. The van der Waals surface area contributed by atoms with Crippen molar-refractivity contribution in [1.82, 2.24) is 19.5 Å². The number of ether oxygens (including phenoxy) is 1. The molecule has 3 heterocycles. The number of aliphatic hydroxyl groups is 2. The number of anilines is 1. The van der Waals surface area contributed by atoms with Gasteiger partial charge in [-0.3, -0.25) is 9.13 Å². The second-order valence-electron chi connectivity index (χ2n) is 7.42. The molecule has 2 aromatic heterocycles. The van der Waals surface area contributed by atoms with Gasteiger partial charge in [-0.25, -0.2) is 19.8 Å². The first kappa shape index (κ1) is 22.7. The lowest BCUT2D eigenvalue weighted by Gasteiger charge is -2.16. The zero-order chi connectivity index (χ0) is 22.7. The van der Waals surface area contributed by atoms with Crippen LogP contribution >= 0.6 is 7.60 Å². The third kappa shape index (κ3) is 5.13. The van der Waals surface area contributed by atoms with Crippen molar-refractivity contribution in [2.45, 2.75) is 31.0 Å². The first-order chi connectivity index (χ1) is 15.3. The first-order valence-electron chi connectivity index (χ1n) is 9.92. The smallest absolute Gasteiger partial charge is 0.352 e. The second-order valence-corrected chi connectivity index (χ2v) is 9.17. The quantitative estimate of drug-likeness (QED) is 0.202. The Morgan fingerprint density at radius 3 is 2.72 bits per heavy atom. The van der Waals surface area contributed by atoms with Gasteiger partial charge in [0.05, 0.1) is 6.33 Å². The fourth-order valence-corrected chi connectivity index (χ4v) is 3.69. The summed E-state index contributed by atoms with van der Waals surface area (Å²) in [6, 6.07) is 10.0. The van der Waals surface area contributed by atoms with E-state index < -0.39 is 32.1 Å². The number of nitrogens with zero attached hydrogens (tertiary/aromatic N) is 4. The SMILES string of the molecule is CP(=O)(O)OOC[C@H]1O[C@@H](n2cnc3c(NCCc4ccccc4)ncnc32)[C@H](O)[C@@H]1O. The van der Waals surface area contributed by atoms with Crippen molar-refractivity contribution in [1.29, 1.82) is 0 Å². The lowest BCUT2D eigenvalue weighted by molar-refractivity contribution is -0.238. The molecule has 13 heteroatoms. The Bertz CT molecular complexity index is 1090. The number of imidazole rings is 1. The van der Waals surface area contributed by atoms with Crippen LogP contribution in [0.4, 0.5) is 5.82 Å². The number of aliphatic hydroxyl groups excluding tert-OH is 2. The molecule has 1 aliphatic heterocycles. The van der Waals surface area contributed by atoms with Crippen molar-refractivity contribution in [2.24, 2.45) is 0 Å². The molecule has 1 saturated heterocycles. The molecule has 4 rings (SSSR count). The van der Waals surface area contributed by atoms with Gasteiger partial charge in [0.1, 0.15) is 31.2 Å². The van der Waals surface area contributed by atoms with Gasteiger partial charge in [-0.05, 0) is 12.0 Å². The van der Waals surface area contributed by atoms with Crippen LogP contribution in [-0.4, -0.2) is 72.8 Å². The highest BCUT2D eigenvalue weighted by atomic mass is 31.2. The molecule has 1 unspecified atom stereocenters. The van der Waals surface area contributed by atoms with Gasteiger partial charge >= 0.3 is 7.60 Å². The molecule has 0 radical (unpaired) electrons. The summed E-state index contributed by atoms with van der Waals surface area (Å²) >= 11 is 0. The van der Waals surface area contributed by atoms with Gasteiger partial charge in [0.2, 0.25) is 0 Å². The Morgan fingerprint density at radius 1 is 1.19 bits per heavy atom. The number of benzene rings is 1. The van der Waals surface area contributed by atoms with Crippen molar-refractivity contribution in [2.75, 3.05) is 25.1 Å². The van der Waals surface area contributed by atoms with Crippen LogP contribution in [0.1, 0.15) is 11.8 Å². The molecule has 0 bridgehead atoms. The molecular formula is C19H24N5O7P. The lowest BCUT2D eigenvalue weighted by Crippen LogP contribution is -2.33. The van der Waals surface area contributed by atoms with E-state index in [1.54, 1.807) is 0 Å². The van der Waals surface area contributed by atoms with Crippen LogP contribution in [0.15, 0.2) is 43.0 Å². The Kier molecular flexibility index (Phi) is 6.82. The molecule has 1 fully saturated rings. The standard InChI is InChI=1S/C19H24N5O7P/c1-32(27,28)31-29-9-13-15(25)16(26)19(30-13)24-11-23-14-17(21-10-22-18(14)24)20-8-7-12-5-3-2-4-6-12/h2-6,10-11,13,15-16,19,25-26H,7-9H2,1H3,(H,27,28)(H,20,21,22)/t13-,15-,16-,19-/m1/s1. The van der Waals surface area contributed by atoms with Gasteiger partial charge in [0, 0.05) is 13.2 Å². The average molecular weight is 465 g/mol. The van der Waals surface area contributed by atoms with Gasteiger partial charge in [-0.15, -0.1) is 4.67 Å². The molecule has 0 spiro atoms. The molecule has 0 aliphatic carbocycles. The molecule has 0 amide bonds. The molecule has 4 N–H and O–H groups in total. The van der Waals surface area contributed by atoms with Crippen LogP contribution in [0, 0.1) is 0 Å². The molecule has 0 saturated carbocycles. The van der Waals surface area contributed by atoms with Crippen molar-refractivity contribution >= 4 is 24.6 Å². The number of rotatable bonds is 9. The van der Waals surface area contributed by atoms with E-state index in [-0.39, 0.29) is 6.61 Å². The fraction of sp³-hybridized carbons (Fsp3) is 0.421. The van der Waals surface area contributed by atoms with E-state index in [2.05, 4.69) is 29.8 Å². The van der Waals surface area contributed by atoms with Crippen molar-refractivity contribution < 1.29 is 34.0 Å². The molecule has 172 valence electrons. The monoisotopic (exact) mass is 465 g/mol. The zero-order valence-corrected chi connectivity index (χ0v) is 18.1. The molecule has 1 aliphatic rings. The third-order valence-electron chi connectivity index (χ3n) is 4.94. The summed E-state index contributed by atoms with van der Waals surface area (Å²) < 4.78 is 22.7. The number of aromatic nitrogens is 4. The van der Waals surface area contributed by atoms with Crippen LogP contribution in [0.25, 0.3) is 11.2 Å². The van der Waals surface area contributed by atoms with Crippen molar-refractivity contribution in [3.63, 3.8) is 0 Å². The van der Waals surface area contributed by atoms with Gasteiger partial charge in [-0.1, -0.05) is 30.3 Å². The number of fused-ring (bicyclic) bond motifs is 1. The highest BCUT2D eigenvalue weighted by molar-refractivity contribution is 7.51. The minimum atomic E-state index is -3.85. The predicted octanol–water partition coefficient (Wildman–Crippen LogP) is 0.863. The molecule has 3 aromatic rings. The summed E-state index contributed by atoms with van der Waals surface area (Å²) in [5, 5.41) is 24.0. The summed E-state index contributed by atoms with van der Waals surface area (Å²) in [6.45, 7) is 1.23. The Hall–Kier alpha value is -2.44. The number of nitrogens with one attached hydrogen (secondary N) is 1. The van der Waals surface area contributed by atoms with E-state index in [0.717, 1.165) is 13.1 Å². The molecule has 12 nitrogen and oxygen atoms in total. The van der Waals surface area contributed by atoms with E-state index in [1.165, 1.54) is 22.8 Å². The second kappa shape index (κ2) is 9.59. The predicted molar refractivity (Wildman–Crippen MR) is 113 cm³/mol. The minimum absolute atomic E-state index is 0.360. The van der Waals surface area contributed by atoms with Crippen molar-refractivity contribution in [3.05, 3.63) is 48.5 Å². The average Bonchev–Trinajstić information content (AvgIpc) is 3.31. The molecule has 32 heavy (non-hydrogen) atoms. The summed E-state index contributed by atoms with van der Waals surface area (Å²) in [6.07, 6.45) is -1.02. The minimum Gasteiger partial charge on any atom is -0.387 e. The Labute approximate surface area is 183 Å². The topological polar surface area (TPSA) is 161 Å². The van der Waals surface area contributed by atoms with E-state index in [1.807, 2.05) is 30.3 Å². The maximum Gasteiger partial charge on any atom is 0.352 e. The number of hydrogen-bond donors (Lipinski definition) is 4. The van der Waals surface area contributed by atoms with E-state index >= 15 is 0 Å². The van der Waals surface area contributed by atoms with Gasteiger partial charge in [-0.2, -0.15) is 0 Å². The highest BCUT2D eigenvalue weighted by Crippen LogP contribution is 2.38. The van der Waals surface area contributed by atoms with Crippen LogP contribution in [0.2, 0.25) is 0 Å². The van der Waals surface area contributed by atoms with Gasteiger partial charge in [0.25, 0.3) is 0 Å². The van der Waals surface area contributed by atoms with Gasteiger partial charge in [0.15, 0.2) is 23.2 Å². The maximum atomic E-state index is 11.1. The highest BCUT2D eigenvalue weighted by Gasteiger charge is 2.44. The normalized spacial score (nSPS) is 25.1. The Morgan fingerprint density at radius 2 is 1.97 bits per heavy atom. The van der Waals surface area contributed by atoms with Crippen LogP contribution in [0.5, 0.6) is 0 Å².